The standard InChI is InChI=1S/C18H22N4O3/c1-11-3-4-14-17(12(11)2)20-15(19-14)5-6-16(23)21-7-8-22-13(9-21)10-25-18(22)24/h3-4,13H,5-10H2,1-2H3,(H,19,20)/t13-/m1/s1. The second-order valence-electron chi connectivity index (χ2n) is 6.85. The molecule has 0 saturated carbocycles. The molecule has 7 nitrogen and oxygen atoms in total. The van der Waals surface area contributed by atoms with E-state index in [0.717, 1.165) is 16.9 Å². The van der Waals surface area contributed by atoms with E-state index in [2.05, 4.69) is 29.9 Å². The number of hydrogen-bond acceptors (Lipinski definition) is 4. The molecule has 2 aromatic rings. The van der Waals surface area contributed by atoms with Crippen LogP contribution in [-0.4, -0.2) is 64.1 Å². The average molecular weight is 342 g/mol. The molecule has 132 valence electrons. The molecule has 1 atom stereocenters. The zero-order valence-electron chi connectivity index (χ0n) is 14.5. The number of cyclic esters (lactones) is 1. The van der Waals surface area contributed by atoms with Crippen molar-refractivity contribution in [2.24, 2.45) is 0 Å². The van der Waals surface area contributed by atoms with Crippen LogP contribution in [0.4, 0.5) is 4.79 Å². The third-order valence-corrected chi connectivity index (χ3v) is 5.27. The Kier molecular flexibility index (Phi) is 3.86. The van der Waals surface area contributed by atoms with Gasteiger partial charge in [0.15, 0.2) is 0 Å². The Morgan fingerprint density at radius 2 is 2.20 bits per heavy atom. The van der Waals surface area contributed by atoms with Crippen molar-refractivity contribution in [3.8, 4) is 0 Å². The minimum Gasteiger partial charge on any atom is -0.447 e. The van der Waals surface area contributed by atoms with Crippen molar-refractivity contribution in [3.63, 3.8) is 0 Å². The van der Waals surface area contributed by atoms with Crippen molar-refractivity contribution in [2.45, 2.75) is 32.7 Å². The second-order valence-corrected chi connectivity index (χ2v) is 6.85. The van der Waals surface area contributed by atoms with Crippen LogP contribution in [0.15, 0.2) is 12.1 Å². The minimum atomic E-state index is -0.259. The maximum atomic E-state index is 12.5. The average Bonchev–Trinajstić information content (AvgIpc) is 3.20. The summed E-state index contributed by atoms with van der Waals surface area (Å²) < 4.78 is 5.05. The zero-order valence-corrected chi connectivity index (χ0v) is 14.5. The number of benzene rings is 1. The molecule has 0 unspecified atom stereocenters. The van der Waals surface area contributed by atoms with Crippen LogP contribution in [0, 0.1) is 13.8 Å². The van der Waals surface area contributed by atoms with Gasteiger partial charge in [0.05, 0.1) is 17.1 Å². The second kappa shape index (κ2) is 6.06. The van der Waals surface area contributed by atoms with Crippen LogP contribution in [0.2, 0.25) is 0 Å². The van der Waals surface area contributed by atoms with E-state index in [4.69, 9.17) is 4.74 Å². The third kappa shape index (κ3) is 2.83. The molecule has 2 fully saturated rings. The number of aryl methyl sites for hydroxylation is 3. The number of rotatable bonds is 3. The predicted molar refractivity (Wildman–Crippen MR) is 92.3 cm³/mol. The van der Waals surface area contributed by atoms with Crippen molar-refractivity contribution in [1.82, 2.24) is 19.8 Å². The molecule has 25 heavy (non-hydrogen) atoms. The van der Waals surface area contributed by atoms with Crippen LogP contribution in [0.1, 0.15) is 23.4 Å². The molecule has 2 aliphatic heterocycles. The lowest BCUT2D eigenvalue weighted by Gasteiger charge is -2.35. The Balaban J connectivity index is 1.39. The lowest BCUT2D eigenvalue weighted by atomic mass is 10.1. The molecule has 2 aliphatic rings. The number of piperazine rings is 1. The van der Waals surface area contributed by atoms with Gasteiger partial charge in [-0.05, 0) is 31.0 Å². The third-order valence-electron chi connectivity index (χ3n) is 5.27. The van der Waals surface area contributed by atoms with Gasteiger partial charge in [-0.15, -0.1) is 0 Å². The normalized spacial score (nSPS) is 20.1. The van der Waals surface area contributed by atoms with Crippen molar-refractivity contribution in [3.05, 3.63) is 29.1 Å². The summed E-state index contributed by atoms with van der Waals surface area (Å²) in [6.07, 6.45) is 0.746. The van der Waals surface area contributed by atoms with E-state index in [1.165, 1.54) is 11.1 Å². The Labute approximate surface area is 146 Å². The highest BCUT2D eigenvalue weighted by molar-refractivity contribution is 5.80. The van der Waals surface area contributed by atoms with E-state index < -0.39 is 0 Å². The summed E-state index contributed by atoms with van der Waals surface area (Å²) in [5, 5.41) is 0. The first kappa shape index (κ1) is 15.9. The van der Waals surface area contributed by atoms with Gasteiger partial charge in [-0.25, -0.2) is 9.78 Å². The van der Waals surface area contributed by atoms with Crippen molar-refractivity contribution in [2.75, 3.05) is 26.2 Å². The van der Waals surface area contributed by atoms with E-state index in [0.29, 0.717) is 39.1 Å². The molecule has 7 heteroatoms. The number of ether oxygens (including phenoxy) is 1. The first-order valence-electron chi connectivity index (χ1n) is 8.69. The number of fused-ring (bicyclic) bond motifs is 2. The fourth-order valence-corrected chi connectivity index (χ4v) is 3.58. The van der Waals surface area contributed by atoms with Crippen LogP contribution in [0.25, 0.3) is 11.0 Å². The molecule has 0 bridgehead atoms. The quantitative estimate of drug-likeness (QED) is 0.922. The summed E-state index contributed by atoms with van der Waals surface area (Å²) in [4.78, 5) is 35.6. The van der Waals surface area contributed by atoms with E-state index in [1.54, 1.807) is 4.90 Å². The molecule has 1 N–H and O–H groups in total. The Morgan fingerprint density at radius 1 is 1.36 bits per heavy atom. The highest BCUT2D eigenvalue weighted by atomic mass is 16.6. The molecule has 0 spiro atoms. The summed E-state index contributed by atoms with van der Waals surface area (Å²) in [5.41, 5.74) is 4.39. The predicted octanol–water partition coefficient (Wildman–Crippen LogP) is 1.78. The van der Waals surface area contributed by atoms with Gasteiger partial charge < -0.3 is 14.6 Å². The lowest BCUT2D eigenvalue weighted by molar-refractivity contribution is -0.133. The molecule has 1 aromatic carbocycles. The van der Waals surface area contributed by atoms with Crippen LogP contribution >= 0.6 is 0 Å². The molecule has 1 aromatic heterocycles. The van der Waals surface area contributed by atoms with Gasteiger partial charge in [-0.1, -0.05) is 6.07 Å². The van der Waals surface area contributed by atoms with E-state index >= 15 is 0 Å². The summed E-state index contributed by atoms with van der Waals surface area (Å²) in [6.45, 7) is 6.21. The zero-order chi connectivity index (χ0) is 17.6. The van der Waals surface area contributed by atoms with E-state index in [1.807, 2.05) is 11.0 Å². The highest BCUT2D eigenvalue weighted by Crippen LogP contribution is 2.21. The van der Waals surface area contributed by atoms with Crippen molar-refractivity contribution >= 4 is 23.0 Å². The molecule has 3 heterocycles. The molecule has 2 saturated heterocycles. The number of nitrogens with one attached hydrogen (secondary N) is 1. The Bertz CT molecular complexity index is 844. The fraction of sp³-hybridized carbons (Fsp3) is 0.500. The van der Waals surface area contributed by atoms with E-state index in [-0.39, 0.29) is 18.0 Å². The molecule has 0 radical (unpaired) electrons. The minimum absolute atomic E-state index is 0.00188. The topological polar surface area (TPSA) is 78.5 Å². The number of H-pyrrole nitrogens is 1. The van der Waals surface area contributed by atoms with Crippen molar-refractivity contribution in [1.29, 1.82) is 0 Å². The van der Waals surface area contributed by atoms with E-state index in [9.17, 15) is 9.59 Å². The Hall–Kier alpha value is -2.57. The number of aromatic amines is 1. The molecule has 2 amide bonds. The van der Waals surface area contributed by atoms with Crippen LogP contribution in [0.5, 0.6) is 0 Å². The maximum Gasteiger partial charge on any atom is 0.410 e. The van der Waals surface area contributed by atoms with Gasteiger partial charge in [0, 0.05) is 32.5 Å². The van der Waals surface area contributed by atoms with Gasteiger partial charge in [-0.3, -0.25) is 9.69 Å². The number of amides is 2. The van der Waals surface area contributed by atoms with Gasteiger partial charge in [-0.2, -0.15) is 0 Å². The molecule has 4 rings (SSSR count). The molecular weight excluding hydrogens is 320 g/mol. The maximum absolute atomic E-state index is 12.5. The van der Waals surface area contributed by atoms with Crippen molar-refractivity contribution < 1.29 is 14.3 Å². The summed E-state index contributed by atoms with van der Waals surface area (Å²) in [6, 6.07) is 4.11. The molecular formula is C18H22N4O3. The summed E-state index contributed by atoms with van der Waals surface area (Å²) >= 11 is 0. The Morgan fingerprint density at radius 3 is 3.04 bits per heavy atom. The fourth-order valence-electron chi connectivity index (χ4n) is 3.58. The largest absolute Gasteiger partial charge is 0.447 e. The number of carbonyl (C=O) groups is 2. The summed E-state index contributed by atoms with van der Waals surface area (Å²) in [7, 11) is 0. The number of nitrogens with zero attached hydrogens (tertiary/aromatic N) is 3. The van der Waals surface area contributed by atoms with Crippen LogP contribution in [0.3, 0.4) is 0 Å². The lowest BCUT2D eigenvalue weighted by Crippen LogP contribution is -2.53. The number of hydrogen-bond donors (Lipinski definition) is 1. The summed E-state index contributed by atoms with van der Waals surface area (Å²) in [5.74, 6) is 0.947. The number of imidazole rings is 1. The van der Waals surface area contributed by atoms with Gasteiger partial charge in [0.25, 0.3) is 0 Å². The number of aromatic nitrogens is 2. The van der Waals surface area contributed by atoms with Gasteiger partial charge in [0.2, 0.25) is 5.91 Å². The SMILES string of the molecule is Cc1ccc2[nH]c(CCC(=O)N3CCN4C(=O)OC[C@H]4C3)nc2c1C. The number of carbonyl (C=O) groups excluding carboxylic acids is 2. The monoisotopic (exact) mass is 342 g/mol. The first-order valence-corrected chi connectivity index (χ1v) is 8.69. The van der Waals surface area contributed by atoms with Gasteiger partial charge in [0.1, 0.15) is 12.4 Å². The van der Waals surface area contributed by atoms with Crippen LogP contribution in [-0.2, 0) is 16.0 Å². The smallest absolute Gasteiger partial charge is 0.410 e. The molecule has 0 aliphatic carbocycles. The van der Waals surface area contributed by atoms with Crippen LogP contribution < -0.4 is 0 Å². The first-order chi connectivity index (χ1) is 12.0. The highest BCUT2D eigenvalue weighted by Gasteiger charge is 2.38. The van der Waals surface area contributed by atoms with Gasteiger partial charge >= 0.3 is 6.09 Å².